The molecule has 0 aliphatic heterocycles. The van der Waals surface area contributed by atoms with Crippen molar-refractivity contribution in [1.29, 1.82) is 0 Å². The first kappa shape index (κ1) is 14.8. The lowest BCUT2D eigenvalue weighted by Crippen LogP contribution is -2.04. The molecular formula is C15H18O4. The Morgan fingerprint density at radius 3 is 2.47 bits per heavy atom. The Morgan fingerprint density at radius 1 is 1.26 bits per heavy atom. The van der Waals surface area contributed by atoms with Crippen molar-refractivity contribution in [3.8, 4) is 11.5 Å². The van der Waals surface area contributed by atoms with Gasteiger partial charge in [0.2, 0.25) is 0 Å². The highest BCUT2D eigenvalue weighted by atomic mass is 16.5. The summed E-state index contributed by atoms with van der Waals surface area (Å²) in [7, 11) is 0. The van der Waals surface area contributed by atoms with Crippen molar-refractivity contribution in [1.82, 2.24) is 0 Å². The molecule has 1 aromatic carbocycles. The molecule has 0 aliphatic rings. The second-order valence-electron chi connectivity index (χ2n) is 3.91. The fraction of sp³-hybridized carbons (Fsp3) is 0.267. The van der Waals surface area contributed by atoms with Gasteiger partial charge in [0.25, 0.3) is 0 Å². The van der Waals surface area contributed by atoms with Crippen LogP contribution in [0.25, 0.3) is 0 Å². The van der Waals surface area contributed by atoms with E-state index in [1.54, 1.807) is 6.08 Å². The summed E-state index contributed by atoms with van der Waals surface area (Å²) < 4.78 is 11.0. The molecule has 0 unspecified atom stereocenters. The van der Waals surface area contributed by atoms with Crippen LogP contribution in [-0.4, -0.2) is 24.3 Å². The number of benzene rings is 1. The minimum absolute atomic E-state index is 0.194. The van der Waals surface area contributed by atoms with Gasteiger partial charge in [-0.25, -0.2) is 4.79 Å². The van der Waals surface area contributed by atoms with Gasteiger partial charge in [-0.2, -0.15) is 0 Å². The Kier molecular flexibility index (Phi) is 6.22. The van der Waals surface area contributed by atoms with Crippen LogP contribution in [0.5, 0.6) is 11.5 Å². The van der Waals surface area contributed by atoms with Gasteiger partial charge < -0.3 is 14.6 Å². The summed E-state index contributed by atoms with van der Waals surface area (Å²) >= 11 is 0. The summed E-state index contributed by atoms with van der Waals surface area (Å²) in [4.78, 5) is 10.6. The summed E-state index contributed by atoms with van der Waals surface area (Å²) in [5.41, 5.74) is 0.194. The molecule has 1 aromatic rings. The molecule has 0 aromatic heterocycles. The number of ether oxygens (including phenoxy) is 2. The zero-order valence-corrected chi connectivity index (χ0v) is 10.8. The van der Waals surface area contributed by atoms with E-state index < -0.39 is 5.97 Å². The maximum absolute atomic E-state index is 10.6. The standard InChI is InChI=1S/C15H18O4/c1-3-10-18-13-8-4-5-9-14(13)19-11-6-7-12(2)15(16)17/h3-5,8-9H,1-2,6-7,10-11H2,(H,16,17). The van der Waals surface area contributed by atoms with Crippen molar-refractivity contribution in [2.24, 2.45) is 0 Å². The fourth-order valence-electron chi connectivity index (χ4n) is 1.41. The molecule has 0 bridgehead atoms. The van der Waals surface area contributed by atoms with Crippen molar-refractivity contribution >= 4 is 5.97 Å². The van der Waals surface area contributed by atoms with Crippen molar-refractivity contribution in [2.45, 2.75) is 12.8 Å². The Morgan fingerprint density at radius 2 is 1.89 bits per heavy atom. The molecule has 0 spiro atoms. The third-order valence-corrected chi connectivity index (χ3v) is 2.39. The quantitative estimate of drug-likeness (QED) is 0.422. The maximum Gasteiger partial charge on any atom is 0.330 e. The van der Waals surface area contributed by atoms with Crippen LogP contribution < -0.4 is 9.47 Å². The molecule has 0 heterocycles. The van der Waals surface area contributed by atoms with Crippen LogP contribution in [0.15, 0.2) is 49.1 Å². The molecule has 0 saturated heterocycles. The zero-order valence-electron chi connectivity index (χ0n) is 10.8. The van der Waals surface area contributed by atoms with Crippen LogP contribution in [0.1, 0.15) is 12.8 Å². The van der Waals surface area contributed by atoms with E-state index in [0.717, 1.165) is 0 Å². The summed E-state index contributed by atoms with van der Waals surface area (Å²) in [6.45, 7) is 7.88. The van der Waals surface area contributed by atoms with Gasteiger partial charge in [0, 0.05) is 5.57 Å². The number of carboxylic acids is 1. The van der Waals surface area contributed by atoms with Gasteiger partial charge in [-0.15, -0.1) is 0 Å². The highest BCUT2D eigenvalue weighted by Gasteiger charge is 2.05. The van der Waals surface area contributed by atoms with Crippen LogP contribution >= 0.6 is 0 Å². The van der Waals surface area contributed by atoms with Crippen LogP contribution in [0.3, 0.4) is 0 Å². The highest BCUT2D eigenvalue weighted by molar-refractivity contribution is 5.85. The molecule has 0 aliphatic carbocycles. The van der Waals surface area contributed by atoms with E-state index in [4.69, 9.17) is 14.6 Å². The number of hydrogen-bond donors (Lipinski definition) is 1. The number of rotatable bonds is 9. The van der Waals surface area contributed by atoms with Crippen LogP contribution in [-0.2, 0) is 4.79 Å². The molecule has 0 amide bonds. The van der Waals surface area contributed by atoms with E-state index in [2.05, 4.69) is 13.2 Å². The molecule has 19 heavy (non-hydrogen) atoms. The van der Waals surface area contributed by atoms with Gasteiger partial charge in [-0.3, -0.25) is 0 Å². The number of carboxylic acid groups (broad SMARTS) is 1. The van der Waals surface area contributed by atoms with E-state index in [9.17, 15) is 4.79 Å². The smallest absolute Gasteiger partial charge is 0.330 e. The molecule has 0 fully saturated rings. The first-order valence-corrected chi connectivity index (χ1v) is 6.01. The normalized spacial score (nSPS) is 9.68. The fourth-order valence-corrected chi connectivity index (χ4v) is 1.41. The first-order valence-electron chi connectivity index (χ1n) is 6.01. The molecule has 4 heteroatoms. The second kappa shape index (κ2) is 7.97. The molecule has 102 valence electrons. The third-order valence-electron chi connectivity index (χ3n) is 2.39. The van der Waals surface area contributed by atoms with Gasteiger partial charge in [0.05, 0.1) is 6.61 Å². The zero-order chi connectivity index (χ0) is 14.1. The summed E-state index contributed by atoms with van der Waals surface area (Å²) in [6, 6.07) is 7.34. The number of carbonyl (C=O) groups is 1. The Labute approximate surface area is 113 Å². The predicted octanol–water partition coefficient (Wildman–Crippen LogP) is 3.05. The topological polar surface area (TPSA) is 55.8 Å². The number of hydrogen-bond acceptors (Lipinski definition) is 3. The Hall–Kier alpha value is -2.23. The molecule has 1 N–H and O–H groups in total. The summed E-state index contributed by atoms with van der Waals surface area (Å²) in [5, 5.41) is 8.67. The SMILES string of the molecule is C=CCOc1ccccc1OCCCC(=C)C(=O)O. The minimum atomic E-state index is -0.963. The average Bonchev–Trinajstić information content (AvgIpc) is 2.42. The predicted molar refractivity (Wildman–Crippen MR) is 73.6 cm³/mol. The van der Waals surface area contributed by atoms with Crippen molar-refractivity contribution < 1.29 is 19.4 Å². The second-order valence-corrected chi connectivity index (χ2v) is 3.91. The molecule has 0 saturated carbocycles. The van der Waals surface area contributed by atoms with Gasteiger partial charge >= 0.3 is 5.97 Å². The van der Waals surface area contributed by atoms with Gasteiger partial charge in [-0.1, -0.05) is 31.4 Å². The molecule has 0 radical (unpaired) electrons. The third kappa shape index (κ3) is 5.29. The lowest BCUT2D eigenvalue weighted by Gasteiger charge is -2.11. The maximum atomic E-state index is 10.6. The molecule has 1 rings (SSSR count). The molecule has 4 nitrogen and oxygen atoms in total. The Balaban J connectivity index is 2.42. The summed E-state index contributed by atoms with van der Waals surface area (Å²) in [5.74, 6) is 0.333. The van der Waals surface area contributed by atoms with E-state index in [0.29, 0.717) is 37.6 Å². The van der Waals surface area contributed by atoms with Gasteiger partial charge in [0.1, 0.15) is 6.61 Å². The van der Waals surface area contributed by atoms with E-state index in [1.807, 2.05) is 24.3 Å². The summed E-state index contributed by atoms with van der Waals surface area (Å²) in [6.07, 6.45) is 2.67. The lowest BCUT2D eigenvalue weighted by atomic mass is 10.2. The lowest BCUT2D eigenvalue weighted by molar-refractivity contribution is -0.132. The monoisotopic (exact) mass is 262 g/mol. The van der Waals surface area contributed by atoms with Crippen LogP contribution in [0.2, 0.25) is 0 Å². The molecular weight excluding hydrogens is 244 g/mol. The van der Waals surface area contributed by atoms with Crippen molar-refractivity contribution in [3.05, 3.63) is 49.1 Å². The largest absolute Gasteiger partial charge is 0.490 e. The highest BCUT2D eigenvalue weighted by Crippen LogP contribution is 2.26. The van der Waals surface area contributed by atoms with Crippen LogP contribution in [0.4, 0.5) is 0 Å². The first-order chi connectivity index (χ1) is 9.15. The minimum Gasteiger partial charge on any atom is -0.490 e. The Bertz CT molecular complexity index is 451. The van der Waals surface area contributed by atoms with E-state index in [1.165, 1.54) is 0 Å². The van der Waals surface area contributed by atoms with Gasteiger partial charge in [0.15, 0.2) is 11.5 Å². The van der Waals surface area contributed by atoms with Crippen molar-refractivity contribution in [3.63, 3.8) is 0 Å². The van der Waals surface area contributed by atoms with Gasteiger partial charge in [-0.05, 0) is 25.0 Å². The van der Waals surface area contributed by atoms with Crippen molar-refractivity contribution in [2.75, 3.05) is 13.2 Å². The van der Waals surface area contributed by atoms with E-state index in [-0.39, 0.29) is 5.57 Å². The number of para-hydroxylation sites is 2. The number of aliphatic carboxylic acids is 1. The average molecular weight is 262 g/mol. The van der Waals surface area contributed by atoms with Crippen LogP contribution in [0, 0.1) is 0 Å². The van der Waals surface area contributed by atoms with E-state index >= 15 is 0 Å². The molecule has 0 atom stereocenters.